The maximum absolute atomic E-state index is 13.5. The van der Waals surface area contributed by atoms with E-state index in [0.29, 0.717) is 85.6 Å². The molecule has 0 aliphatic carbocycles. The van der Waals surface area contributed by atoms with E-state index in [1.807, 2.05) is 24.3 Å². The maximum Gasteiger partial charge on any atom is 0.343 e. The molecule has 0 fully saturated rings. The van der Waals surface area contributed by atoms with Crippen LogP contribution < -0.4 is 24.0 Å². The number of benzene rings is 4. The number of carbonyl (C=O) groups excluding carboxylic acids is 4. The summed E-state index contributed by atoms with van der Waals surface area (Å²) in [4.78, 5) is 54.0. The van der Waals surface area contributed by atoms with Crippen LogP contribution in [0.25, 0.3) is 10.2 Å². The molecule has 0 bridgehead atoms. The van der Waals surface area contributed by atoms with Crippen molar-refractivity contribution >= 4 is 56.8 Å². The number of carbonyl (C=O) groups is 4. The molecule has 0 aliphatic heterocycles. The van der Waals surface area contributed by atoms with Gasteiger partial charge in [-0.2, -0.15) is 10.4 Å². The Morgan fingerprint density at radius 2 is 1.20 bits per heavy atom. The minimum Gasteiger partial charge on any atom is -0.494 e. The van der Waals surface area contributed by atoms with Crippen LogP contribution in [-0.4, -0.2) is 68.0 Å². The first-order chi connectivity index (χ1) is 32.3. The molecule has 15 heteroatoms. The van der Waals surface area contributed by atoms with Gasteiger partial charge in [0.25, 0.3) is 0 Å². The number of thiazole rings is 1. The molecule has 1 aromatic heterocycles. The van der Waals surface area contributed by atoms with Crippen LogP contribution in [0.2, 0.25) is 0 Å². The lowest BCUT2D eigenvalue weighted by Gasteiger charge is -2.16. The molecule has 0 aliphatic rings. The van der Waals surface area contributed by atoms with Gasteiger partial charge in [0.1, 0.15) is 23.0 Å². The van der Waals surface area contributed by atoms with Crippen molar-refractivity contribution in [3.8, 4) is 29.1 Å². The Bertz CT molecular complexity index is 2410. The molecule has 14 nitrogen and oxygen atoms in total. The van der Waals surface area contributed by atoms with Crippen LogP contribution in [0.3, 0.4) is 0 Å². The molecule has 0 saturated carbocycles. The van der Waals surface area contributed by atoms with E-state index < -0.39 is 23.9 Å². The quantitative estimate of drug-likeness (QED) is 0.0111. The second kappa shape index (κ2) is 27.8. The average molecular weight is 915 g/mol. The highest BCUT2D eigenvalue weighted by Gasteiger charge is 2.17. The third kappa shape index (κ3) is 17.0. The van der Waals surface area contributed by atoms with E-state index >= 15 is 0 Å². The highest BCUT2D eigenvalue weighted by atomic mass is 32.1. The summed E-state index contributed by atoms with van der Waals surface area (Å²) in [7, 11) is 0. The molecular formula is C51H54N4O10S. The lowest BCUT2D eigenvalue weighted by molar-refractivity contribution is -0.138. The summed E-state index contributed by atoms with van der Waals surface area (Å²) in [6, 6.07) is 27.9. The summed E-state index contributed by atoms with van der Waals surface area (Å²) in [5.41, 5.74) is 1.78. The minimum atomic E-state index is -0.619. The molecular weight excluding hydrogens is 861 g/mol. The van der Waals surface area contributed by atoms with E-state index in [4.69, 9.17) is 43.8 Å². The normalized spacial score (nSPS) is 10.8. The van der Waals surface area contributed by atoms with Gasteiger partial charge in [0, 0.05) is 30.7 Å². The summed E-state index contributed by atoms with van der Waals surface area (Å²) >= 11 is 1.48. The summed E-state index contributed by atoms with van der Waals surface area (Å²) in [5.74, 6) is -0.484. The third-order valence-corrected chi connectivity index (χ3v) is 10.8. The molecule has 66 heavy (non-hydrogen) atoms. The zero-order valence-electron chi connectivity index (χ0n) is 36.9. The summed E-state index contributed by atoms with van der Waals surface area (Å²) in [6.45, 7) is 8.94. The molecule has 0 saturated heterocycles. The van der Waals surface area contributed by atoms with Crippen LogP contribution in [0.4, 0.5) is 5.13 Å². The molecule has 4 aromatic carbocycles. The second-order valence-electron chi connectivity index (χ2n) is 14.7. The van der Waals surface area contributed by atoms with Gasteiger partial charge in [-0.05, 0) is 143 Å². The fourth-order valence-electron chi connectivity index (χ4n) is 6.21. The van der Waals surface area contributed by atoms with Crippen LogP contribution in [0, 0.1) is 11.3 Å². The molecule has 5 rings (SSSR count). The second-order valence-corrected chi connectivity index (χ2v) is 15.8. The largest absolute Gasteiger partial charge is 0.494 e. The highest BCUT2D eigenvalue weighted by Crippen LogP contribution is 2.30. The van der Waals surface area contributed by atoms with E-state index in [2.05, 4.69) is 19.2 Å². The van der Waals surface area contributed by atoms with E-state index in [1.165, 1.54) is 23.6 Å². The molecule has 0 unspecified atom stereocenters. The van der Waals surface area contributed by atoms with Gasteiger partial charge >= 0.3 is 23.9 Å². The molecule has 0 atom stereocenters. The van der Waals surface area contributed by atoms with Crippen molar-refractivity contribution in [3.63, 3.8) is 0 Å². The number of para-hydroxylation sites is 1. The molecule has 0 N–H and O–H groups in total. The predicted molar refractivity (Wildman–Crippen MR) is 254 cm³/mol. The summed E-state index contributed by atoms with van der Waals surface area (Å²) < 4.78 is 34.4. The number of hydrogen-bond acceptors (Lipinski definition) is 15. The first kappa shape index (κ1) is 49.7. The van der Waals surface area contributed by atoms with E-state index in [1.54, 1.807) is 65.7 Å². The average Bonchev–Trinajstić information content (AvgIpc) is 3.78. The number of fused-ring (bicyclic) bond motifs is 1. The number of ether oxygens (including phenoxy) is 6. The van der Waals surface area contributed by atoms with E-state index in [0.717, 1.165) is 73.7 Å². The number of nitriles is 1. The van der Waals surface area contributed by atoms with Crippen molar-refractivity contribution in [2.24, 2.45) is 5.10 Å². The van der Waals surface area contributed by atoms with E-state index in [9.17, 15) is 19.2 Å². The van der Waals surface area contributed by atoms with Gasteiger partial charge < -0.3 is 28.4 Å². The van der Waals surface area contributed by atoms with Gasteiger partial charge in [-0.3, -0.25) is 0 Å². The Morgan fingerprint density at radius 1 is 0.652 bits per heavy atom. The van der Waals surface area contributed by atoms with Crippen LogP contribution in [-0.2, 0) is 19.1 Å². The van der Waals surface area contributed by atoms with Crippen molar-refractivity contribution in [2.75, 3.05) is 38.0 Å². The fraction of sp³-hybridized carbons (Fsp3) is 0.314. The Balaban J connectivity index is 1.24. The Morgan fingerprint density at radius 3 is 1.76 bits per heavy atom. The summed E-state index contributed by atoms with van der Waals surface area (Å²) in [6.07, 6.45) is 12.4. The van der Waals surface area contributed by atoms with Gasteiger partial charge in [-0.15, -0.1) is 0 Å². The lowest BCUT2D eigenvalue weighted by Crippen LogP contribution is -2.18. The van der Waals surface area contributed by atoms with Crippen molar-refractivity contribution in [1.82, 2.24) is 4.98 Å². The number of nitrogens with zero attached hydrogens (tertiary/aromatic N) is 4. The zero-order chi connectivity index (χ0) is 46.8. The number of anilines is 1. The molecule has 0 amide bonds. The SMILES string of the molecule is C=CC(=O)OCCCCCCOc1ccc(C(=O)Oc2ccc(OC(=O)c3ccc(OCCCCCCOC(=O)C=C)cc3)c(/C=N/N(CCCCC#N)c3nc4ccccc4s3)c2)cc1. The zero-order valence-corrected chi connectivity index (χ0v) is 37.7. The van der Waals surface area contributed by atoms with Crippen LogP contribution in [0.15, 0.2) is 121 Å². The Labute approximate surface area is 389 Å². The van der Waals surface area contributed by atoms with Crippen LogP contribution in [0.1, 0.15) is 96.9 Å². The standard InChI is InChI=1S/C51H54N4O10S/c1-3-47(56)62-34-16-7-5-14-32-60-41-24-20-38(21-25-41)49(58)64-43-28-29-45(65-50(59)39-22-26-42(27-23-39)61-33-15-6-8-17-35-63-48(57)4-2)40(36-43)37-53-55(31-13-9-12-30-52)51-54-44-18-10-11-19-46(44)66-51/h3-4,10-11,18-29,36-37H,1-2,5-9,12-17,31-35H2/b53-37+. The molecule has 344 valence electrons. The third-order valence-electron chi connectivity index (χ3n) is 9.76. The molecule has 0 radical (unpaired) electrons. The Hall–Kier alpha value is -7.31. The lowest BCUT2D eigenvalue weighted by atomic mass is 10.2. The van der Waals surface area contributed by atoms with Crippen LogP contribution >= 0.6 is 11.3 Å². The topological polar surface area (TPSA) is 176 Å². The van der Waals surface area contributed by atoms with Gasteiger partial charge in [0.05, 0.1) is 60.1 Å². The molecule has 5 aromatic rings. The number of rotatable bonds is 29. The first-order valence-electron chi connectivity index (χ1n) is 21.9. The predicted octanol–water partition coefficient (Wildman–Crippen LogP) is 10.6. The van der Waals surface area contributed by atoms with Gasteiger partial charge in [0.15, 0.2) is 0 Å². The van der Waals surface area contributed by atoms with Crippen molar-refractivity contribution < 1.29 is 47.6 Å². The summed E-state index contributed by atoms with van der Waals surface area (Å²) in [5, 5.41) is 16.3. The number of unbranched alkanes of at least 4 members (excludes halogenated alkanes) is 8. The van der Waals surface area contributed by atoms with Gasteiger partial charge in [-0.1, -0.05) is 36.6 Å². The fourth-order valence-corrected chi connectivity index (χ4v) is 7.16. The van der Waals surface area contributed by atoms with Gasteiger partial charge in [0.2, 0.25) is 5.13 Å². The highest BCUT2D eigenvalue weighted by molar-refractivity contribution is 7.22. The van der Waals surface area contributed by atoms with E-state index in [-0.39, 0.29) is 11.5 Å². The Kier molecular flexibility index (Phi) is 20.9. The van der Waals surface area contributed by atoms with Gasteiger partial charge in [-0.25, -0.2) is 29.2 Å². The van der Waals surface area contributed by atoms with Crippen molar-refractivity contribution in [3.05, 3.63) is 133 Å². The number of hydrogen-bond donors (Lipinski definition) is 0. The minimum absolute atomic E-state index is 0.175. The number of aromatic nitrogens is 1. The van der Waals surface area contributed by atoms with Crippen molar-refractivity contribution in [1.29, 1.82) is 5.26 Å². The van der Waals surface area contributed by atoms with Crippen LogP contribution in [0.5, 0.6) is 23.0 Å². The smallest absolute Gasteiger partial charge is 0.343 e. The number of hydrazone groups is 1. The maximum atomic E-state index is 13.5. The van der Waals surface area contributed by atoms with Crippen molar-refractivity contribution in [2.45, 2.75) is 70.6 Å². The first-order valence-corrected chi connectivity index (χ1v) is 22.7. The molecule has 0 spiro atoms. The monoisotopic (exact) mass is 914 g/mol. The molecule has 1 heterocycles. The number of esters is 4.